The first kappa shape index (κ1) is 23.1. The van der Waals surface area contributed by atoms with Crippen molar-refractivity contribution in [1.82, 2.24) is 0 Å². The summed E-state index contributed by atoms with van der Waals surface area (Å²) in [6.07, 6.45) is 1.02. The molecule has 0 bridgehead atoms. The van der Waals surface area contributed by atoms with E-state index in [0.29, 0.717) is 22.9 Å². The van der Waals surface area contributed by atoms with Crippen molar-refractivity contribution in [3.8, 4) is 23.0 Å². The molecule has 30 heavy (non-hydrogen) atoms. The van der Waals surface area contributed by atoms with Crippen LogP contribution in [0.1, 0.15) is 6.92 Å². The molecule has 0 radical (unpaired) electrons. The lowest BCUT2D eigenvalue weighted by Gasteiger charge is -2.29. The first-order chi connectivity index (χ1) is 14.2. The lowest BCUT2D eigenvalue weighted by Crippen LogP contribution is -2.45. The Balaban J connectivity index is 2.47. The monoisotopic (exact) mass is 438 g/mol. The quantitative estimate of drug-likeness (QED) is 0.642. The second-order valence-corrected chi connectivity index (χ2v) is 8.19. The second-order valence-electron chi connectivity index (χ2n) is 6.33. The second kappa shape index (κ2) is 9.57. The number of nitrogens with one attached hydrogen (secondary N) is 1. The third kappa shape index (κ3) is 5.07. The van der Waals surface area contributed by atoms with E-state index in [0.717, 1.165) is 10.6 Å². The molecule has 0 saturated heterocycles. The average Bonchev–Trinajstić information content (AvgIpc) is 2.72. The van der Waals surface area contributed by atoms with Crippen molar-refractivity contribution >= 4 is 27.3 Å². The molecule has 1 N–H and O–H groups in total. The molecule has 9 nitrogen and oxygen atoms in total. The van der Waals surface area contributed by atoms with Crippen LogP contribution in [-0.4, -0.2) is 55.1 Å². The molecule has 0 spiro atoms. The normalized spacial score (nSPS) is 11.9. The third-order valence-corrected chi connectivity index (χ3v) is 5.60. The van der Waals surface area contributed by atoms with Crippen LogP contribution >= 0.6 is 0 Å². The Labute approximate surface area is 176 Å². The van der Waals surface area contributed by atoms with Crippen LogP contribution in [0, 0.1) is 0 Å². The summed E-state index contributed by atoms with van der Waals surface area (Å²) in [6.45, 7) is 1.47. The van der Waals surface area contributed by atoms with Gasteiger partial charge in [0.2, 0.25) is 15.9 Å². The van der Waals surface area contributed by atoms with Crippen LogP contribution in [0.25, 0.3) is 0 Å². The molecule has 164 valence electrons. The van der Waals surface area contributed by atoms with Crippen LogP contribution in [0.5, 0.6) is 23.0 Å². The molecule has 2 aromatic carbocycles. The highest BCUT2D eigenvalue weighted by Crippen LogP contribution is 2.36. The Morgan fingerprint density at radius 3 is 1.93 bits per heavy atom. The zero-order chi connectivity index (χ0) is 22.5. The van der Waals surface area contributed by atoms with E-state index in [4.69, 9.17) is 18.9 Å². The van der Waals surface area contributed by atoms with Gasteiger partial charge in [0.25, 0.3) is 0 Å². The van der Waals surface area contributed by atoms with Gasteiger partial charge in [0.05, 0.1) is 46.1 Å². The first-order valence-corrected chi connectivity index (χ1v) is 10.7. The van der Waals surface area contributed by atoms with Gasteiger partial charge in [-0.05, 0) is 31.2 Å². The summed E-state index contributed by atoms with van der Waals surface area (Å²) in [5, 5.41) is 2.70. The largest absolute Gasteiger partial charge is 0.497 e. The molecule has 0 heterocycles. The molecule has 2 rings (SSSR count). The minimum atomic E-state index is -3.86. The molecule has 0 saturated carbocycles. The van der Waals surface area contributed by atoms with Gasteiger partial charge in [0.1, 0.15) is 29.0 Å². The number of ether oxygens (including phenoxy) is 4. The third-order valence-electron chi connectivity index (χ3n) is 4.38. The van der Waals surface area contributed by atoms with E-state index < -0.39 is 22.0 Å². The Morgan fingerprint density at radius 2 is 1.43 bits per heavy atom. The van der Waals surface area contributed by atoms with Gasteiger partial charge in [-0.25, -0.2) is 8.42 Å². The summed E-state index contributed by atoms with van der Waals surface area (Å²) < 4.78 is 47.2. The average molecular weight is 439 g/mol. The molecule has 0 fully saturated rings. The van der Waals surface area contributed by atoms with E-state index >= 15 is 0 Å². The van der Waals surface area contributed by atoms with Crippen LogP contribution < -0.4 is 28.6 Å². The van der Waals surface area contributed by atoms with Crippen LogP contribution in [0.4, 0.5) is 11.4 Å². The number of carbonyl (C=O) groups is 1. The molecule has 0 aromatic heterocycles. The van der Waals surface area contributed by atoms with Crippen molar-refractivity contribution in [2.24, 2.45) is 0 Å². The lowest BCUT2D eigenvalue weighted by molar-refractivity contribution is -0.116. The molecule has 0 aliphatic rings. The number of anilines is 2. The maximum Gasteiger partial charge on any atom is 0.248 e. The lowest BCUT2D eigenvalue weighted by atomic mass is 10.2. The number of methoxy groups -OCH3 is 4. The number of carbonyl (C=O) groups excluding carboxylic acids is 1. The summed E-state index contributed by atoms with van der Waals surface area (Å²) >= 11 is 0. The summed E-state index contributed by atoms with van der Waals surface area (Å²) in [6, 6.07) is 8.49. The van der Waals surface area contributed by atoms with Gasteiger partial charge in [0, 0.05) is 12.1 Å². The predicted octanol–water partition coefficient (Wildman–Crippen LogP) is 2.51. The summed E-state index contributed by atoms with van der Waals surface area (Å²) in [5.74, 6) is 1.03. The predicted molar refractivity (Wildman–Crippen MR) is 115 cm³/mol. The van der Waals surface area contributed by atoms with Crippen LogP contribution in [0.15, 0.2) is 36.4 Å². The molecule has 0 aliphatic carbocycles. The molecular weight excluding hydrogens is 412 g/mol. The topological polar surface area (TPSA) is 103 Å². The fourth-order valence-corrected chi connectivity index (χ4v) is 4.07. The van der Waals surface area contributed by atoms with Gasteiger partial charge in [-0.3, -0.25) is 9.10 Å². The number of hydrogen-bond donors (Lipinski definition) is 1. The number of amides is 1. The van der Waals surface area contributed by atoms with Gasteiger partial charge in [-0.2, -0.15) is 0 Å². The fourth-order valence-electron chi connectivity index (χ4n) is 2.90. The van der Waals surface area contributed by atoms with Crippen molar-refractivity contribution in [3.63, 3.8) is 0 Å². The van der Waals surface area contributed by atoms with Crippen LogP contribution in [0.3, 0.4) is 0 Å². The van der Waals surface area contributed by atoms with Crippen molar-refractivity contribution < 1.29 is 32.2 Å². The zero-order valence-electron chi connectivity index (χ0n) is 17.8. The van der Waals surface area contributed by atoms with Gasteiger partial charge in [-0.1, -0.05) is 0 Å². The van der Waals surface area contributed by atoms with E-state index in [1.165, 1.54) is 41.4 Å². The van der Waals surface area contributed by atoms with E-state index in [1.807, 2.05) is 0 Å². The SMILES string of the molecule is COc1ccc(OC)c(NC(=O)C(C)N(c2cc(OC)ccc2OC)S(C)(=O)=O)c1. The van der Waals surface area contributed by atoms with Crippen molar-refractivity contribution in [2.45, 2.75) is 13.0 Å². The smallest absolute Gasteiger partial charge is 0.248 e. The van der Waals surface area contributed by atoms with E-state index in [1.54, 1.807) is 30.3 Å². The summed E-state index contributed by atoms with van der Waals surface area (Å²) in [5.41, 5.74) is 0.527. The van der Waals surface area contributed by atoms with Gasteiger partial charge in [-0.15, -0.1) is 0 Å². The van der Waals surface area contributed by atoms with Gasteiger partial charge in [0.15, 0.2) is 0 Å². The van der Waals surface area contributed by atoms with E-state index in [-0.39, 0.29) is 11.4 Å². The maximum absolute atomic E-state index is 13.0. The number of nitrogens with zero attached hydrogens (tertiary/aromatic N) is 1. The van der Waals surface area contributed by atoms with Crippen LogP contribution in [0.2, 0.25) is 0 Å². The number of sulfonamides is 1. The molecule has 10 heteroatoms. The van der Waals surface area contributed by atoms with Gasteiger partial charge >= 0.3 is 0 Å². The van der Waals surface area contributed by atoms with Crippen molar-refractivity contribution in [1.29, 1.82) is 0 Å². The fraction of sp³-hybridized carbons (Fsp3) is 0.350. The number of rotatable bonds is 9. The van der Waals surface area contributed by atoms with E-state index in [2.05, 4.69) is 5.32 Å². The van der Waals surface area contributed by atoms with E-state index in [9.17, 15) is 13.2 Å². The van der Waals surface area contributed by atoms with Gasteiger partial charge < -0.3 is 24.3 Å². The minimum absolute atomic E-state index is 0.180. The first-order valence-electron chi connectivity index (χ1n) is 8.90. The maximum atomic E-state index is 13.0. The summed E-state index contributed by atoms with van der Waals surface area (Å²) in [4.78, 5) is 13.0. The number of hydrogen-bond acceptors (Lipinski definition) is 7. The minimum Gasteiger partial charge on any atom is -0.497 e. The Morgan fingerprint density at radius 1 is 0.900 bits per heavy atom. The standard InChI is InChI=1S/C20H26N2O7S/c1-13(20(23)21-16-11-14(26-2)7-9-18(16)28-4)22(30(6,24)25)17-12-15(27-3)8-10-19(17)29-5/h7-13H,1-6H3,(H,21,23). The highest BCUT2D eigenvalue weighted by Gasteiger charge is 2.32. The zero-order valence-corrected chi connectivity index (χ0v) is 18.6. The Hall–Kier alpha value is -3.14. The van der Waals surface area contributed by atoms with Crippen molar-refractivity contribution in [3.05, 3.63) is 36.4 Å². The molecule has 0 aliphatic heterocycles. The molecule has 2 aromatic rings. The molecule has 1 unspecified atom stereocenters. The molecule has 1 atom stereocenters. The van der Waals surface area contributed by atoms with Crippen molar-refractivity contribution in [2.75, 3.05) is 44.3 Å². The molecule has 1 amide bonds. The Bertz CT molecular complexity index is 1010. The van der Waals surface area contributed by atoms with Crippen LogP contribution in [-0.2, 0) is 14.8 Å². The highest BCUT2D eigenvalue weighted by molar-refractivity contribution is 7.92. The molecular formula is C20H26N2O7S. The summed E-state index contributed by atoms with van der Waals surface area (Å²) in [7, 11) is 1.97. The highest BCUT2D eigenvalue weighted by atomic mass is 32.2. The Kier molecular flexibility index (Phi) is 7.38. The number of benzene rings is 2.